The number of aromatic nitrogens is 1. The van der Waals surface area contributed by atoms with Crippen LogP contribution in [-0.2, 0) is 23.8 Å². The van der Waals surface area contributed by atoms with E-state index in [1.54, 1.807) is 0 Å². The first kappa shape index (κ1) is 19.3. The molecule has 0 fully saturated rings. The predicted molar refractivity (Wildman–Crippen MR) is 93.8 cm³/mol. The number of thioether (sulfide) groups is 1. The molecule has 0 unspecified atom stereocenters. The van der Waals surface area contributed by atoms with E-state index in [9.17, 15) is 18.0 Å². The molecular weight excluding hydrogens is 349 g/mol. The van der Waals surface area contributed by atoms with E-state index < -0.39 is 11.7 Å². The molecule has 0 aliphatic rings. The van der Waals surface area contributed by atoms with Crippen molar-refractivity contribution < 1.29 is 18.0 Å². The molecule has 0 aliphatic carbocycles. The van der Waals surface area contributed by atoms with Crippen molar-refractivity contribution >= 4 is 23.4 Å². The summed E-state index contributed by atoms with van der Waals surface area (Å²) in [7, 11) is 0. The Hall–Kier alpha value is -2.02. The van der Waals surface area contributed by atoms with Gasteiger partial charge in [0.15, 0.2) is 0 Å². The van der Waals surface area contributed by atoms with Gasteiger partial charge in [0, 0.05) is 11.9 Å². The molecule has 0 spiro atoms. The summed E-state index contributed by atoms with van der Waals surface area (Å²) in [6, 6.07) is 8.15. The highest BCUT2D eigenvalue weighted by atomic mass is 32.2. The average molecular weight is 368 g/mol. The number of nitrogens with one attached hydrogen (secondary N) is 1. The number of rotatable bonds is 6. The fraction of sp³-hybridized carbons (Fsp3) is 0.333. The molecule has 134 valence electrons. The third-order valence-electron chi connectivity index (χ3n) is 3.68. The van der Waals surface area contributed by atoms with Gasteiger partial charge in [-0.2, -0.15) is 13.2 Å². The van der Waals surface area contributed by atoms with Gasteiger partial charge in [0.2, 0.25) is 5.91 Å². The Morgan fingerprint density at radius 2 is 1.76 bits per heavy atom. The molecular formula is C18H19F3N2OS. The van der Waals surface area contributed by atoms with Crippen LogP contribution in [0.2, 0.25) is 0 Å². The number of carbonyl (C=O) groups excluding carboxylic acids is 1. The Morgan fingerprint density at radius 1 is 1.12 bits per heavy atom. The second kappa shape index (κ2) is 8.38. The van der Waals surface area contributed by atoms with Crippen LogP contribution in [-0.4, -0.2) is 16.6 Å². The maximum absolute atomic E-state index is 12.5. The Labute approximate surface area is 149 Å². The van der Waals surface area contributed by atoms with Gasteiger partial charge in [-0.05, 0) is 36.1 Å². The zero-order valence-electron chi connectivity index (χ0n) is 14.0. The molecule has 1 heterocycles. The molecule has 0 saturated heterocycles. The second-order valence-electron chi connectivity index (χ2n) is 5.38. The SMILES string of the molecule is CCc1cccc(CC)c1NC(=O)CSc1ccc(C(F)(F)F)cn1. The largest absolute Gasteiger partial charge is 0.417 e. The van der Waals surface area contributed by atoms with Gasteiger partial charge in [-0.15, -0.1) is 0 Å². The molecule has 0 atom stereocenters. The van der Waals surface area contributed by atoms with Crippen LogP contribution in [0.1, 0.15) is 30.5 Å². The quantitative estimate of drug-likeness (QED) is 0.733. The topological polar surface area (TPSA) is 42.0 Å². The number of anilines is 1. The number of aryl methyl sites for hydroxylation is 2. The highest BCUT2D eigenvalue weighted by molar-refractivity contribution is 7.99. The molecule has 25 heavy (non-hydrogen) atoms. The number of carbonyl (C=O) groups is 1. The number of hydrogen-bond acceptors (Lipinski definition) is 3. The minimum absolute atomic E-state index is 0.0829. The van der Waals surface area contributed by atoms with Crippen molar-refractivity contribution in [3.05, 3.63) is 53.2 Å². The molecule has 2 rings (SSSR count). The number of halogens is 3. The molecule has 1 aromatic heterocycles. The van der Waals surface area contributed by atoms with Crippen LogP contribution in [0, 0.1) is 0 Å². The lowest BCUT2D eigenvalue weighted by Crippen LogP contribution is -2.16. The van der Waals surface area contributed by atoms with Gasteiger partial charge < -0.3 is 5.32 Å². The van der Waals surface area contributed by atoms with Gasteiger partial charge in [-0.1, -0.05) is 43.8 Å². The summed E-state index contributed by atoms with van der Waals surface area (Å²) in [6.07, 6.45) is -2.02. The van der Waals surface area contributed by atoms with Crippen LogP contribution >= 0.6 is 11.8 Å². The van der Waals surface area contributed by atoms with Crippen LogP contribution in [0.5, 0.6) is 0 Å². The summed E-state index contributed by atoms with van der Waals surface area (Å²) in [4.78, 5) is 16.0. The fourth-order valence-corrected chi connectivity index (χ4v) is 2.99. The number of pyridine rings is 1. The molecule has 1 N–H and O–H groups in total. The van der Waals surface area contributed by atoms with Crippen molar-refractivity contribution in [1.29, 1.82) is 0 Å². The molecule has 7 heteroatoms. The lowest BCUT2D eigenvalue weighted by Gasteiger charge is -2.14. The zero-order valence-corrected chi connectivity index (χ0v) is 14.8. The second-order valence-corrected chi connectivity index (χ2v) is 6.37. The summed E-state index contributed by atoms with van der Waals surface area (Å²) in [6.45, 7) is 4.04. The minimum Gasteiger partial charge on any atom is -0.325 e. The van der Waals surface area contributed by atoms with Crippen LogP contribution in [0.3, 0.4) is 0 Å². The van der Waals surface area contributed by atoms with Crippen molar-refractivity contribution in [2.45, 2.75) is 37.9 Å². The van der Waals surface area contributed by atoms with Crippen LogP contribution < -0.4 is 5.32 Å². The first-order valence-electron chi connectivity index (χ1n) is 7.91. The molecule has 0 radical (unpaired) electrons. The summed E-state index contributed by atoms with van der Waals surface area (Å²) >= 11 is 1.10. The molecule has 0 aliphatic heterocycles. The normalized spacial score (nSPS) is 11.4. The van der Waals surface area contributed by atoms with E-state index in [-0.39, 0.29) is 11.7 Å². The first-order chi connectivity index (χ1) is 11.8. The number of para-hydroxylation sites is 1. The summed E-state index contributed by atoms with van der Waals surface area (Å²) in [5.74, 6) is -0.123. The van der Waals surface area contributed by atoms with E-state index in [2.05, 4.69) is 10.3 Å². The van der Waals surface area contributed by atoms with Crippen molar-refractivity contribution in [2.75, 3.05) is 11.1 Å². The van der Waals surface area contributed by atoms with Crippen molar-refractivity contribution in [1.82, 2.24) is 4.98 Å². The van der Waals surface area contributed by atoms with E-state index >= 15 is 0 Å². The van der Waals surface area contributed by atoms with E-state index in [0.717, 1.165) is 53.7 Å². The van der Waals surface area contributed by atoms with Crippen molar-refractivity contribution in [3.63, 3.8) is 0 Å². The molecule has 3 nitrogen and oxygen atoms in total. The van der Waals surface area contributed by atoms with Gasteiger partial charge in [-0.3, -0.25) is 4.79 Å². The highest BCUT2D eigenvalue weighted by Crippen LogP contribution is 2.29. The third-order valence-corrected chi connectivity index (χ3v) is 4.62. The van der Waals surface area contributed by atoms with Gasteiger partial charge in [-0.25, -0.2) is 4.98 Å². The monoisotopic (exact) mass is 368 g/mol. The summed E-state index contributed by atoms with van der Waals surface area (Å²) < 4.78 is 37.5. The highest BCUT2D eigenvalue weighted by Gasteiger charge is 2.30. The maximum atomic E-state index is 12.5. The van der Waals surface area contributed by atoms with Gasteiger partial charge >= 0.3 is 6.18 Å². The summed E-state index contributed by atoms with van der Waals surface area (Å²) in [5, 5.41) is 3.30. The Bertz CT molecular complexity index is 708. The van der Waals surface area contributed by atoms with Gasteiger partial charge in [0.25, 0.3) is 0 Å². The van der Waals surface area contributed by atoms with E-state index in [4.69, 9.17) is 0 Å². The molecule has 2 aromatic rings. The Balaban J connectivity index is 2.00. The van der Waals surface area contributed by atoms with Crippen molar-refractivity contribution in [2.24, 2.45) is 0 Å². The summed E-state index contributed by atoms with van der Waals surface area (Å²) in [5.41, 5.74) is 2.15. The minimum atomic E-state index is -4.41. The maximum Gasteiger partial charge on any atom is 0.417 e. The van der Waals surface area contributed by atoms with E-state index in [1.807, 2.05) is 32.0 Å². The average Bonchev–Trinajstić information content (AvgIpc) is 2.59. The van der Waals surface area contributed by atoms with Crippen LogP contribution in [0.25, 0.3) is 0 Å². The Morgan fingerprint density at radius 3 is 2.24 bits per heavy atom. The standard InChI is InChI=1S/C18H19F3N2OS/c1-3-12-6-5-7-13(4-2)17(12)23-15(24)11-25-16-9-8-14(10-22-16)18(19,20)21/h5-10H,3-4,11H2,1-2H3,(H,23,24). The zero-order chi connectivity index (χ0) is 18.4. The van der Waals surface area contributed by atoms with Crippen LogP contribution in [0.15, 0.2) is 41.6 Å². The lowest BCUT2D eigenvalue weighted by atomic mass is 10.0. The van der Waals surface area contributed by atoms with Crippen LogP contribution in [0.4, 0.5) is 18.9 Å². The fourth-order valence-electron chi connectivity index (χ4n) is 2.35. The lowest BCUT2D eigenvalue weighted by molar-refractivity contribution is -0.137. The number of amides is 1. The molecule has 1 amide bonds. The van der Waals surface area contributed by atoms with Crippen molar-refractivity contribution in [3.8, 4) is 0 Å². The smallest absolute Gasteiger partial charge is 0.325 e. The molecule has 0 saturated carbocycles. The third kappa shape index (κ3) is 5.22. The Kier molecular flexibility index (Phi) is 6.47. The van der Waals surface area contributed by atoms with E-state index in [0.29, 0.717) is 5.03 Å². The predicted octanol–water partition coefficient (Wildman–Crippen LogP) is 4.96. The van der Waals surface area contributed by atoms with Gasteiger partial charge in [0.05, 0.1) is 16.3 Å². The number of alkyl halides is 3. The van der Waals surface area contributed by atoms with Gasteiger partial charge in [0.1, 0.15) is 0 Å². The molecule has 0 bridgehead atoms. The molecule has 1 aromatic carbocycles. The number of hydrogen-bond donors (Lipinski definition) is 1. The number of benzene rings is 1. The number of nitrogens with zero attached hydrogens (tertiary/aromatic N) is 1. The van der Waals surface area contributed by atoms with E-state index in [1.165, 1.54) is 6.07 Å². The first-order valence-corrected chi connectivity index (χ1v) is 8.90.